The van der Waals surface area contributed by atoms with E-state index >= 15 is 0 Å². The fraction of sp³-hybridized carbons (Fsp3) is 0.350. The van der Waals surface area contributed by atoms with Crippen LogP contribution < -0.4 is 5.32 Å². The zero-order valence-electron chi connectivity index (χ0n) is 16.0. The topological polar surface area (TPSA) is 86.7 Å². The highest BCUT2D eigenvalue weighted by Crippen LogP contribution is 2.41. The molecule has 0 aliphatic carbocycles. The molecule has 0 aromatic heterocycles. The normalized spacial score (nSPS) is 23.7. The molecule has 2 aliphatic heterocycles. The van der Waals surface area contributed by atoms with Crippen molar-refractivity contribution in [2.75, 3.05) is 5.32 Å². The Balaban J connectivity index is 1.64. The van der Waals surface area contributed by atoms with Crippen molar-refractivity contribution in [3.05, 3.63) is 58.4 Å². The highest BCUT2D eigenvalue weighted by Gasteiger charge is 2.47. The summed E-state index contributed by atoms with van der Waals surface area (Å²) in [5.74, 6) is -5.47. The third-order valence-corrected chi connectivity index (χ3v) is 8.12. The van der Waals surface area contributed by atoms with Gasteiger partial charge in [-0.3, -0.25) is 4.79 Å². The summed E-state index contributed by atoms with van der Waals surface area (Å²) in [5.41, 5.74) is -0.443. The van der Waals surface area contributed by atoms with E-state index < -0.39 is 39.5 Å². The standard InChI is InChI=1S/C20H18ClF3N2O4S/c21-15-4-1-10(20(28)25-11-6-16(22)19(24)17(23)7-11)5-18(15)31(29,30)26-12-2-3-13(26)9-14(27)8-12/h1,4-7,12-14,27H,2-3,8-9H2,(H,25,28)/t12-,13?,14?/m1/s1. The molecule has 4 rings (SSSR count). The molecule has 2 saturated heterocycles. The van der Waals surface area contributed by atoms with E-state index in [2.05, 4.69) is 5.32 Å². The van der Waals surface area contributed by atoms with Gasteiger partial charge in [-0.1, -0.05) is 11.6 Å². The monoisotopic (exact) mass is 474 g/mol. The van der Waals surface area contributed by atoms with Crippen LogP contribution >= 0.6 is 11.6 Å². The van der Waals surface area contributed by atoms with Crippen molar-refractivity contribution in [3.8, 4) is 0 Å². The number of hydrogen-bond acceptors (Lipinski definition) is 4. The smallest absolute Gasteiger partial charge is 0.255 e. The third-order valence-electron chi connectivity index (χ3n) is 5.63. The molecule has 2 heterocycles. The molecule has 6 nitrogen and oxygen atoms in total. The maximum Gasteiger partial charge on any atom is 0.255 e. The fourth-order valence-corrected chi connectivity index (χ4v) is 6.68. The predicted octanol–water partition coefficient (Wildman–Crippen LogP) is 3.69. The maximum absolute atomic E-state index is 13.4. The second-order valence-corrected chi connectivity index (χ2v) is 9.92. The largest absolute Gasteiger partial charge is 0.393 e. The Hall–Kier alpha value is -2.14. The molecule has 2 aliphatic rings. The molecule has 0 saturated carbocycles. The summed E-state index contributed by atoms with van der Waals surface area (Å²) < 4.78 is 67.9. The number of piperidine rings is 1. The third kappa shape index (κ3) is 4.05. The Labute approximate surface area is 181 Å². The Morgan fingerprint density at radius 3 is 2.23 bits per heavy atom. The van der Waals surface area contributed by atoms with Crippen LogP contribution in [0.4, 0.5) is 18.9 Å². The Bertz CT molecular complexity index is 1120. The number of sulfonamides is 1. The van der Waals surface area contributed by atoms with E-state index in [1.54, 1.807) is 0 Å². The van der Waals surface area contributed by atoms with Crippen molar-refractivity contribution >= 4 is 33.2 Å². The Morgan fingerprint density at radius 2 is 1.65 bits per heavy atom. The minimum atomic E-state index is -4.06. The number of nitrogens with one attached hydrogen (secondary N) is 1. The molecule has 11 heteroatoms. The van der Waals surface area contributed by atoms with E-state index in [1.807, 2.05) is 0 Å². The Morgan fingerprint density at radius 1 is 1.06 bits per heavy atom. The van der Waals surface area contributed by atoms with Gasteiger partial charge in [-0.15, -0.1) is 0 Å². The van der Waals surface area contributed by atoms with Gasteiger partial charge >= 0.3 is 0 Å². The second kappa shape index (κ2) is 8.09. The van der Waals surface area contributed by atoms with Crippen molar-refractivity contribution < 1.29 is 31.5 Å². The number of nitrogens with zero attached hydrogens (tertiary/aromatic N) is 1. The quantitative estimate of drug-likeness (QED) is 0.662. The summed E-state index contributed by atoms with van der Waals surface area (Å²) in [6.45, 7) is 0. The molecular formula is C20H18ClF3N2O4S. The first kappa shape index (κ1) is 22.1. The average Bonchev–Trinajstić information content (AvgIpc) is 2.99. The summed E-state index contributed by atoms with van der Waals surface area (Å²) >= 11 is 6.14. The first-order valence-electron chi connectivity index (χ1n) is 9.55. The number of carbonyl (C=O) groups is 1. The van der Waals surface area contributed by atoms with Crippen molar-refractivity contribution in [2.45, 2.75) is 48.8 Å². The minimum absolute atomic E-state index is 0.0825. The number of anilines is 1. The average molecular weight is 475 g/mol. The summed E-state index contributed by atoms with van der Waals surface area (Å²) in [6, 6.07) is 4.13. The molecule has 31 heavy (non-hydrogen) atoms. The number of aliphatic hydroxyl groups is 1. The Kier molecular flexibility index (Phi) is 5.76. The number of aliphatic hydroxyl groups excluding tert-OH is 1. The van der Waals surface area contributed by atoms with E-state index in [9.17, 15) is 31.5 Å². The zero-order chi connectivity index (χ0) is 22.5. The molecule has 3 atom stereocenters. The van der Waals surface area contributed by atoms with Crippen molar-refractivity contribution in [1.29, 1.82) is 0 Å². The number of rotatable bonds is 4. The fourth-order valence-electron chi connectivity index (χ4n) is 4.28. The lowest BCUT2D eigenvalue weighted by Crippen LogP contribution is -2.47. The minimum Gasteiger partial charge on any atom is -0.393 e. The van der Waals surface area contributed by atoms with Gasteiger partial charge in [0.1, 0.15) is 4.90 Å². The van der Waals surface area contributed by atoms with Crippen LogP contribution in [0.3, 0.4) is 0 Å². The van der Waals surface area contributed by atoms with Gasteiger partial charge in [-0.05, 0) is 43.9 Å². The lowest BCUT2D eigenvalue weighted by atomic mass is 10.0. The van der Waals surface area contributed by atoms with Crippen LogP contribution in [0.25, 0.3) is 0 Å². The lowest BCUT2D eigenvalue weighted by molar-refractivity contribution is 0.0768. The van der Waals surface area contributed by atoms with Crippen LogP contribution in [0.1, 0.15) is 36.0 Å². The van der Waals surface area contributed by atoms with Crippen LogP contribution in [-0.2, 0) is 10.0 Å². The van der Waals surface area contributed by atoms with Crippen molar-refractivity contribution in [1.82, 2.24) is 4.31 Å². The summed E-state index contributed by atoms with van der Waals surface area (Å²) in [5, 5.41) is 12.1. The molecule has 2 N–H and O–H groups in total. The van der Waals surface area contributed by atoms with E-state index in [4.69, 9.17) is 11.6 Å². The highest BCUT2D eigenvalue weighted by atomic mass is 35.5. The summed E-state index contributed by atoms with van der Waals surface area (Å²) in [4.78, 5) is 12.3. The van der Waals surface area contributed by atoms with Crippen LogP contribution in [0.2, 0.25) is 5.02 Å². The molecule has 2 aromatic carbocycles. The molecule has 1 amide bonds. The van der Waals surface area contributed by atoms with E-state index in [1.165, 1.54) is 16.4 Å². The van der Waals surface area contributed by atoms with Gasteiger partial charge < -0.3 is 10.4 Å². The van der Waals surface area contributed by atoms with Crippen LogP contribution in [0.5, 0.6) is 0 Å². The van der Waals surface area contributed by atoms with Gasteiger partial charge in [0.25, 0.3) is 5.91 Å². The van der Waals surface area contributed by atoms with Gasteiger partial charge in [0.05, 0.1) is 11.1 Å². The number of amides is 1. The molecular weight excluding hydrogens is 457 g/mol. The summed E-state index contributed by atoms with van der Waals surface area (Å²) in [6.07, 6.45) is 1.35. The number of benzene rings is 2. The lowest BCUT2D eigenvalue weighted by Gasteiger charge is -2.36. The molecule has 0 spiro atoms. The molecule has 0 radical (unpaired) electrons. The first-order chi connectivity index (χ1) is 14.6. The van der Waals surface area contributed by atoms with Crippen LogP contribution in [0.15, 0.2) is 35.2 Å². The molecule has 2 aromatic rings. The van der Waals surface area contributed by atoms with Gasteiger partial charge in [0.15, 0.2) is 17.5 Å². The molecule has 2 fully saturated rings. The first-order valence-corrected chi connectivity index (χ1v) is 11.4. The van der Waals surface area contributed by atoms with E-state index in [0.29, 0.717) is 37.8 Å². The van der Waals surface area contributed by atoms with Gasteiger partial charge in [0.2, 0.25) is 10.0 Å². The highest BCUT2D eigenvalue weighted by molar-refractivity contribution is 7.89. The molecule has 2 bridgehead atoms. The van der Waals surface area contributed by atoms with E-state index in [0.717, 1.165) is 6.07 Å². The SMILES string of the molecule is O=C(Nc1cc(F)c(F)c(F)c1)c1ccc(Cl)c(S(=O)(=O)N2C3CC[C@@H]2CC(O)C3)c1. The van der Waals surface area contributed by atoms with E-state index in [-0.39, 0.29) is 33.3 Å². The zero-order valence-corrected chi connectivity index (χ0v) is 17.6. The molecule has 2 unspecified atom stereocenters. The predicted molar refractivity (Wildman–Crippen MR) is 107 cm³/mol. The van der Waals surface area contributed by atoms with Crippen molar-refractivity contribution in [2.24, 2.45) is 0 Å². The maximum atomic E-state index is 13.4. The summed E-state index contributed by atoms with van der Waals surface area (Å²) in [7, 11) is -4.06. The number of hydrogen-bond donors (Lipinski definition) is 2. The number of carbonyl (C=O) groups excluding carboxylic acids is 1. The number of halogens is 4. The van der Waals surface area contributed by atoms with Gasteiger partial charge in [-0.25, -0.2) is 21.6 Å². The van der Waals surface area contributed by atoms with Crippen molar-refractivity contribution in [3.63, 3.8) is 0 Å². The van der Waals surface area contributed by atoms with Gasteiger partial charge in [0, 0.05) is 35.5 Å². The molecule has 166 valence electrons. The van der Waals surface area contributed by atoms with Crippen LogP contribution in [-0.4, -0.2) is 41.9 Å². The second-order valence-electron chi connectivity index (χ2n) is 7.70. The van der Waals surface area contributed by atoms with Crippen LogP contribution in [0, 0.1) is 17.5 Å². The van der Waals surface area contributed by atoms with Gasteiger partial charge in [-0.2, -0.15) is 4.31 Å². The number of fused-ring (bicyclic) bond motifs is 2.